The fraction of sp³-hybridized carbons (Fsp3) is 0.476. The minimum atomic E-state index is -0.253. The van der Waals surface area contributed by atoms with E-state index in [4.69, 9.17) is 0 Å². The number of rotatable bonds is 5. The summed E-state index contributed by atoms with van der Waals surface area (Å²) in [5.41, 5.74) is 4.08. The lowest BCUT2D eigenvalue weighted by molar-refractivity contribution is 0.0933. The second kappa shape index (κ2) is 7.94. The van der Waals surface area contributed by atoms with Gasteiger partial charge in [-0.05, 0) is 56.2 Å². The van der Waals surface area contributed by atoms with Gasteiger partial charge in [-0.15, -0.1) is 0 Å². The fourth-order valence-electron chi connectivity index (χ4n) is 3.33. The zero-order valence-corrected chi connectivity index (χ0v) is 16.6. The molecule has 6 nitrogen and oxygen atoms in total. The van der Waals surface area contributed by atoms with Gasteiger partial charge in [-0.3, -0.25) is 9.59 Å². The van der Waals surface area contributed by atoms with Crippen LogP contribution in [0.1, 0.15) is 64.6 Å². The Morgan fingerprint density at radius 1 is 1.19 bits per heavy atom. The summed E-state index contributed by atoms with van der Waals surface area (Å²) in [5.74, 6) is 0.239. The van der Waals surface area contributed by atoms with Crippen molar-refractivity contribution >= 4 is 17.5 Å². The van der Waals surface area contributed by atoms with Crippen LogP contribution < -0.4 is 10.6 Å². The van der Waals surface area contributed by atoms with E-state index in [1.54, 1.807) is 0 Å². The largest absolute Gasteiger partial charge is 0.349 e. The average molecular weight is 368 g/mol. The first-order valence-electron chi connectivity index (χ1n) is 9.63. The van der Waals surface area contributed by atoms with Crippen molar-refractivity contribution in [3.05, 3.63) is 46.5 Å². The molecule has 1 aliphatic rings. The van der Waals surface area contributed by atoms with E-state index in [9.17, 15) is 9.59 Å². The molecule has 2 amide bonds. The Labute approximate surface area is 160 Å². The molecule has 3 rings (SSSR count). The highest BCUT2D eigenvalue weighted by Gasteiger charge is 2.27. The van der Waals surface area contributed by atoms with Crippen molar-refractivity contribution in [2.45, 2.75) is 53.5 Å². The number of carbonyl (C=O) groups excluding carboxylic acids is 2. The summed E-state index contributed by atoms with van der Waals surface area (Å²) in [6, 6.07) is 5.95. The van der Waals surface area contributed by atoms with E-state index in [2.05, 4.69) is 15.6 Å². The third-order valence-corrected chi connectivity index (χ3v) is 4.85. The Hall–Kier alpha value is -2.63. The highest BCUT2D eigenvalue weighted by Crippen LogP contribution is 2.23. The molecule has 27 heavy (non-hydrogen) atoms. The predicted molar refractivity (Wildman–Crippen MR) is 106 cm³/mol. The van der Waals surface area contributed by atoms with Gasteiger partial charge < -0.3 is 15.2 Å². The van der Waals surface area contributed by atoms with E-state index in [1.807, 2.05) is 50.5 Å². The SMILES string of the molecule is Cc1ccc(C)c(NC(=O)c2nc(C(=O)NCC(C)C)n3c2CCCC3)c1. The number of hydrogen-bond acceptors (Lipinski definition) is 3. The molecule has 0 radical (unpaired) electrons. The molecule has 1 aromatic carbocycles. The quantitative estimate of drug-likeness (QED) is 0.848. The number of nitrogens with zero attached hydrogens (tertiary/aromatic N) is 2. The highest BCUT2D eigenvalue weighted by molar-refractivity contribution is 6.05. The minimum absolute atomic E-state index is 0.211. The molecule has 2 heterocycles. The molecule has 1 aromatic heterocycles. The smallest absolute Gasteiger partial charge is 0.287 e. The van der Waals surface area contributed by atoms with Crippen LogP contribution in [0.2, 0.25) is 0 Å². The summed E-state index contributed by atoms with van der Waals surface area (Å²) in [6.07, 6.45) is 2.76. The minimum Gasteiger partial charge on any atom is -0.349 e. The van der Waals surface area contributed by atoms with Crippen LogP contribution in [0.15, 0.2) is 18.2 Å². The Kier molecular flexibility index (Phi) is 5.63. The molecule has 0 fully saturated rings. The van der Waals surface area contributed by atoms with Gasteiger partial charge in [0.25, 0.3) is 11.8 Å². The van der Waals surface area contributed by atoms with Gasteiger partial charge >= 0.3 is 0 Å². The normalized spacial score (nSPS) is 13.4. The third kappa shape index (κ3) is 4.21. The average Bonchev–Trinajstić information content (AvgIpc) is 3.02. The van der Waals surface area contributed by atoms with Crippen LogP contribution >= 0.6 is 0 Å². The summed E-state index contributed by atoms with van der Waals surface area (Å²) < 4.78 is 1.91. The molecule has 6 heteroatoms. The number of amides is 2. The molecule has 0 saturated carbocycles. The molecule has 0 aliphatic carbocycles. The van der Waals surface area contributed by atoms with Gasteiger partial charge in [-0.1, -0.05) is 26.0 Å². The van der Waals surface area contributed by atoms with Gasteiger partial charge in [0.2, 0.25) is 0 Å². The number of anilines is 1. The summed E-state index contributed by atoms with van der Waals surface area (Å²) in [4.78, 5) is 30.0. The topological polar surface area (TPSA) is 76.0 Å². The first kappa shape index (κ1) is 19.1. The molecule has 1 aliphatic heterocycles. The van der Waals surface area contributed by atoms with Gasteiger partial charge in [-0.2, -0.15) is 0 Å². The van der Waals surface area contributed by atoms with Crippen LogP contribution in [0.3, 0.4) is 0 Å². The maximum atomic E-state index is 12.9. The number of nitrogens with one attached hydrogen (secondary N) is 2. The molecule has 0 spiro atoms. The van der Waals surface area contributed by atoms with Gasteiger partial charge in [0, 0.05) is 18.8 Å². The van der Waals surface area contributed by atoms with Crippen molar-refractivity contribution in [3.8, 4) is 0 Å². The molecule has 0 unspecified atom stereocenters. The van der Waals surface area contributed by atoms with Crippen LogP contribution in [0.5, 0.6) is 0 Å². The van der Waals surface area contributed by atoms with E-state index in [0.29, 0.717) is 24.0 Å². The van der Waals surface area contributed by atoms with Crippen LogP contribution in [0.4, 0.5) is 5.69 Å². The number of benzene rings is 1. The van der Waals surface area contributed by atoms with Crippen molar-refractivity contribution < 1.29 is 9.59 Å². The van der Waals surface area contributed by atoms with E-state index in [1.165, 1.54) is 0 Å². The molecular weight excluding hydrogens is 340 g/mol. The fourth-order valence-corrected chi connectivity index (χ4v) is 3.33. The molecule has 0 saturated heterocycles. The predicted octanol–water partition coefficient (Wildman–Crippen LogP) is 3.47. The van der Waals surface area contributed by atoms with E-state index in [0.717, 1.165) is 48.3 Å². The van der Waals surface area contributed by atoms with Crippen molar-refractivity contribution in [1.82, 2.24) is 14.9 Å². The first-order chi connectivity index (χ1) is 12.9. The molecular formula is C21H28N4O2. The van der Waals surface area contributed by atoms with E-state index in [-0.39, 0.29) is 11.8 Å². The van der Waals surface area contributed by atoms with Crippen molar-refractivity contribution in [2.75, 3.05) is 11.9 Å². The lowest BCUT2D eigenvalue weighted by atomic mass is 10.1. The summed E-state index contributed by atoms with van der Waals surface area (Å²) >= 11 is 0. The Morgan fingerprint density at radius 2 is 1.96 bits per heavy atom. The molecule has 0 atom stereocenters. The van der Waals surface area contributed by atoms with Gasteiger partial charge in [-0.25, -0.2) is 4.98 Å². The third-order valence-electron chi connectivity index (χ3n) is 4.85. The van der Waals surface area contributed by atoms with Crippen LogP contribution in [0.25, 0.3) is 0 Å². The number of fused-ring (bicyclic) bond motifs is 1. The number of imidazole rings is 1. The number of aromatic nitrogens is 2. The molecule has 2 aromatic rings. The maximum absolute atomic E-state index is 12.9. The lowest BCUT2D eigenvalue weighted by Crippen LogP contribution is -2.30. The van der Waals surface area contributed by atoms with Gasteiger partial charge in [0.15, 0.2) is 11.5 Å². The zero-order chi connectivity index (χ0) is 19.6. The first-order valence-corrected chi connectivity index (χ1v) is 9.63. The van der Waals surface area contributed by atoms with Crippen LogP contribution in [-0.2, 0) is 13.0 Å². The lowest BCUT2D eigenvalue weighted by Gasteiger charge is -2.17. The molecule has 2 N–H and O–H groups in total. The van der Waals surface area contributed by atoms with Crippen molar-refractivity contribution in [1.29, 1.82) is 0 Å². The van der Waals surface area contributed by atoms with Gasteiger partial charge in [0.05, 0.1) is 5.69 Å². The number of carbonyl (C=O) groups is 2. The number of aryl methyl sites for hydroxylation is 2. The monoisotopic (exact) mass is 368 g/mol. The Morgan fingerprint density at radius 3 is 2.70 bits per heavy atom. The van der Waals surface area contributed by atoms with E-state index >= 15 is 0 Å². The van der Waals surface area contributed by atoms with Gasteiger partial charge in [0.1, 0.15) is 0 Å². The Bertz CT molecular complexity index is 867. The molecule has 144 valence electrons. The standard InChI is InChI=1S/C21H28N4O2/c1-13(2)12-22-21(27)19-24-18(17-7-5-6-10-25(17)19)20(26)23-16-11-14(3)8-9-15(16)4/h8-9,11,13H,5-7,10,12H2,1-4H3,(H,22,27)(H,23,26). The maximum Gasteiger partial charge on any atom is 0.287 e. The summed E-state index contributed by atoms with van der Waals surface area (Å²) in [5, 5.41) is 5.89. The zero-order valence-electron chi connectivity index (χ0n) is 16.6. The Balaban J connectivity index is 1.89. The van der Waals surface area contributed by atoms with Crippen LogP contribution in [0, 0.1) is 19.8 Å². The van der Waals surface area contributed by atoms with Crippen molar-refractivity contribution in [3.63, 3.8) is 0 Å². The molecule has 0 bridgehead atoms. The van der Waals surface area contributed by atoms with Crippen molar-refractivity contribution in [2.24, 2.45) is 5.92 Å². The second-order valence-electron chi connectivity index (χ2n) is 7.72. The highest BCUT2D eigenvalue weighted by atomic mass is 16.2. The summed E-state index contributed by atoms with van der Waals surface area (Å²) in [6.45, 7) is 9.36. The number of hydrogen-bond donors (Lipinski definition) is 2. The van der Waals surface area contributed by atoms with Crippen LogP contribution in [-0.4, -0.2) is 27.9 Å². The summed E-state index contributed by atoms with van der Waals surface area (Å²) in [7, 11) is 0. The second-order valence-corrected chi connectivity index (χ2v) is 7.72. The van der Waals surface area contributed by atoms with E-state index < -0.39 is 0 Å².